The number of aromatic amines is 1. The molecule has 2 aromatic rings. The zero-order valence-electron chi connectivity index (χ0n) is 7.54. The van der Waals surface area contributed by atoms with Gasteiger partial charge in [-0.15, -0.1) is 11.3 Å². The molecule has 0 aliphatic heterocycles. The fourth-order valence-electron chi connectivity index (χ4n) is 1.98. The van der Waals surface area contributed by atoms with Crippen LogP contribution in [0.2, 0.25) is 0 Å². The number of hydrogen-bond donors (Lipinski definition) is 1. The normalized spacial score (nSPS) is 13.4. The number of thiazole rings is 1. The second-order valence-electron chi connectivity index (χ2n) is 3.47. The minimum atomic E-state index is 0.895. The first-order valence-electron chi connectivity index (χ1n) is 4.65. The number of fused-ring (bicyclic) bond motifs is 3. The topological polar surface area (TPSA) is 15.8 Å². The van der Waals surface area contributed by atoms with Gasteiger partial charge in [-0.3, -0.25) is 0 Å². The summed E-state index contributed by atoms with van der Waals surface area (Å²) in [4.78, 5) is 4.70. The zero-order chi connectivity index (χ0) is 9.54. The van der Waals surface area contributed by atoms with Crippen molar-refractivity contribution in [3.63, 3.8) is 0 Å². The van der Waals surface area contributed by atoms with Gasteiger partial charge < -0.3 is 4.98 Å². The SMILES string of the molecule is S=c1[nH]c2c(s1)CCc1ccccc1-2. The molecule has 0 atom stereocenters. The highest BCUT2D eigenvalue weighted by atomic mass is 32.1. The molecule has 0 amide bonds. The minimum Gasteiger partial charge on any atom is -0.337 e. The Bertz CT molecular complexity index is 536. The van der Waals surface area contributed by atoms with E-state index in [1.54, 1.807) is 11.3 Å². The van der Waals surface area contributed by atoms with Gasteiger partial charge in [-0.25, -0.2) is 0 Å². The molecule has 0 unspecified atom stereocenters. The lowest BCUT2D eigenvalue weighted by Crippen LogP contribution is -2.00. The van der Waals surface area contributed by atoms with Crippen LogP contribution < -0.4 is 0 Å². The van der Waals surface area contributed by atoms with Crippen molar-refractivity contribution in [3.05, 3.63) is 38.7 Å². The maximum atomic E-state index is 5.17. The van der Waals surface area contributed by atoms with E-state index in [1.807, 2.05) is 0 Å². The van der Waals surface area contributed by atoms with Crippen LogP contribution in [0, 0.1) is 3.95 Å². The predicted molar refractivity (Wildman–Crippen MR) is 62.3 cm³/mol. The first kappa shape index (κ1) is 8.38. The number of H-pyrrole nitrogens is 1. The molecule has 3 rings (SSSR count). The van der Waals surface area contributed by atoms with Crippen molar-refractivity contribution >= 4 is 23.6 Å². The van der Waals surface area contributed by atoms with Gasteiger partial charge in [0.15, 0.2) is 3.95 Å². The van der Waals surface area contributed by atoms with Crippen LogP contribution in [0.25, 0.3) is 11.3 Å². The Morgan fingerprint density at radius 1 is 1.21 bits per heavy atom. The molecule has 1 nitrogen and oxygen atoms in total. The highest BCUT2D eigenvalue weighted by molar-refractivity contribution is 7.73. The lowest BCUT2D eigenvalue weighted by molar-refractivity contribution is 0.955. The number of aryl methyl sites for hydroxylation is 2. The average Bonchev–Trinajstić information content (AvgIpc) is 2.59. The summed E-state index contributed by atoms with van der Waals surface area (Å²) in [5.41, 5.74) is 4.02. The minimum absolute atomic E-state index is 0.895. The number of rotatable bonds is 0. The third-order valence-electron chi connectivity index (χ3n) is 2.63. The Hall–Kier alpha value is -0.930. The molecule has 0 fully saturated rings. The molecule has 1 aromatic carbocycles. The summed E-state index contributed by atoms with van der Waals surface area (Å²) in [6.45, 7) is 0. The summed E-state index contributed by atoms with van der Waals surface area (Å²) in [5, 5.41) is 0. The van der Waals surface area contributed by atoms with Gasteiger partial charge in [-0.2, -0.15) is 0 Å². The Morgan fingerprint density at radius 3 is 3.00 bits per heavy atom. The smallest absolute Gasteiger partial charge is 0.159 e. The fourth-order valence-corrected chi connectivity index (χ4v) is 3.23. The van der Waals surface area contributed by atoms with Crippen LogP contribution in [0.5, 0.6) is 0 Å². The van der Waals surface area contributed by atoms with E-state index in [-0.39, 0.29) is 0 Å². The van der Waals surface area contributed by atoms with Crippen LogP contribution in [0.15, 0.2) is 24.3 Å². The van der Waals surface area contributed by atoms with E-state index in [1.165, 1.54) is 21.7 Å². The van der Waals surface area contributed by atoms with Gasteiger partial charge in [0.25, 0.3) is 0 Å². The summed E-state index contributed by atoms with van der Waals surface area (Å²) in [6.07, 6.45) is 2.27. The van der Waals surface area contributed by atoms with Crippen LogP contribution >= 0.6 is 23.6 Å². The van der Waals surface area contributed by atoms with Gasteiger partial charge in [0.05, 0.1) is 5.69 Å². The van der Waals surface area contributed by atoms with Crippen LogP contribution in [-0.2, 0) is 12.8 Å². The summed E-state index contributed by atoms with van der Waals surface area (Å²) in [7, 11) is 0. The van der Waals surface area contributed by atoms with E-state index in [9.17, 15) is 0 Å². The van der Waals surface area contributed by atoms with Gasteiger partial charge in [-0.05, 0) is 30.6 Å². The lowest BCUT2D eigenvalue weighted by atomic mass is 9.94. The van der Waals surface area contributed by atoms with Crippen LogP contribution in [-0.4, -0.2) is 4.98 Å². The molecule has 1 aromatic heterocycles. The maximum Gasteiger partial charge on any atom is 0.159 e. The van der Waals surface area contributed by atoms with E-state index in [2.05, 4.69) is 29.2 Å². The number of aromatic nitrogens is 1. The Morgan fingerprint density at radius 2 is 2.07 bits per heavy atom. The Labute approximate surface area is 91.4 Å². The molecule has 1 N–H and O–H groups in total. The molecule has 0 saturated heterocycles. The maximum absolute atomic E-state index is 5.17. The lowest BCUT2D eigenvalue weighted by Gasteiger charge is -2.14. The third-order valence-corrected chi connectivity index (χ3v) is 3.92. The largest absolute Gasteiger partial charge is 0.337 e. The molecule has 0 saturated carbocycles. The van der Waals surface area contributed by atoms with Gasteiger partial charge in [0.2, 0.25) is 0 Å². The molecule has 1 heterocycles. The molecule has 14 heavy (non-hydrogen) atoms. The van der Waals surface area contributed by atoms with Crippen molar-refractivity contribution in [1.29, 1.82) is 0 Å². The summed E-state index contributed by atoms with van der Waals surface area (Å²) < 4.78 is 0.895. The van der Waals surface area contributed by atoms with Crippen LogP contribution in [0.4, 0.5) is 0 Å². The standard InChI is InChI=1S/C11H9NS2/c13-11-12-10-8-4-2-1-3-7(8)5-6-9(10)14-11/h1-4H,5-6H2,(H,12,13). The fraction of sp³-hybridized carbons (Fsp3) is 0.182. The molecule has 0 bridgehead atoms. The molecule has 3 heteroatoms. The van der Waals surface area contributed by atoms with Gasteiger partial charge in [0.1, 0.15) is 0 Å². The van der Waals surface area contributed by atoms with Crippen LogP contribution in [0.1, 0.15) is 10.4 Å². The average molecular weight is 219 g/mol. The van der Waals surface area contributed by atoms with Crippen molar-refractivity contribution in [1.82, 2.24) is 4.98 Å². The summed E-state index contributed by atoms with van der Waals surface area (Å²) in [5.74, 6) is 0. The summed E-state index contributed by atoms with van der Waals surface area (Å²) in [6, 6.07) is 8.56. The Kier molecular flexibility index (Phi) is 1.82. The number of hydrogen-bond acceptors (Lipinski definition) is 2. The third kappa shape index (κ3) is 1.16. The van der Waals surface area contributed by atoms with Gasteiger partial charge in [-0.1, -0.05) is 24.3 Å². The van der Waals surface area contributed by atoms with Crippen molar-refractivity contribution in [3.8, 4) is 11.3 Å². The zero-order valence-corrected chi connectivity index (χ0v) is 9.17. The predicted octanol–water partition coefficient (Wildman–Crippen LogP) is 3.57. The van der Waals surface area contributed by atoms with E-state index in [4.69, 9.17) is 12.2 Å². The quantitative estimate of drug-likeness (QED) is 0.670. The van der Waals surface area contributed by atoms with Crippen molar-refractivity contribution in [2.45, 2.75) is 12.8 Å². The number of benzene rings is 1. The van der Waals surface area contributed by atoms with Crippen LogP contribution in [0.3, 0.4) is 0 Å². The van der Waals surface area contributed by atoms with Gasteiger partial charge >= 0.3 is 0 Å². The van der Waals surface area contributed by atoms with E-state index in [0.717, 1.165) is 16.8 Å². The molecule has 1 aliphatic carbocycles. The summed E-state index contributed by atoms with van der Waals surface area (Å²) >= 11 is 6.89. The van der Waals surface area contributed by atoms with Crippen molar-refractivity contribution in [2.75, 3.05) is 0 Å². The highest BCUT2D eigenvalue weighted by Crippen LogP contribution is 2.34. The monoisotopic (exact) mass is 219 g/mol. The first-order chi connectivity index (χ1) is 6.84. The van der Waals surface area contributed by atoms with Crippen molar-refractivity contribution in [2.24, 2.45) is 0 Å². The highest BCUT2D eigenvalue weighted by Gasteiger charge is 2.17. The second-order valence-corrected chi connectivity index (χ2v) is 5.24. The molecular weight excluding hydrogens is 210 g/mol. The Balaban J connectivity index is 2.33. The number of nitrogens with one attached hydrogen (secondary N) is 1. The molecular formula is C11H9NS2. The van der Waals surface area contributed by atoms with Gasteiger partial charge in [0, 0.05) is 10.4 Å². The molecule has 0 radical (unpaired) electrons. The molecule has 1 aliphatic rings. The molecule has 0 spiro atoms. The first-order valence-corrected chi connectivity index (χ1v) is 5.87. The van der Waals surface area contributed by atoms with E-state index < -0.39 is 0 Å². The van der Waals surface area contributed by atoms with E-state index >= 15 is 0 Å². The van der Waals surface area contributed by atoms with E-state index in [0.29, 0.717) is 0 Å². The van der Waals surface area contributed by atoms with Crippen molar-refractivity contribution < 1.29 is 0 Å². The molecule has 70 valence electrons. The second kappa shape index (κ2) is 3.04.